The van der Waals surface area contributed by atoms with Crippen LogP contribution in [0.5, 0.6) is 0 Å². The zero-order valence-corrected chi connectivity index (χ0v) is 16.6. The van der Waals surface area contributed by atoms with Crippen molar-refractivity contribution in [3.8, 4) is 0 Å². The van der Waals surface area contributed by atoms with Crippen molar-refractivity contribution in [3.63, 3.8) is 0 Å². The van der Waals surface area contributed by atoms with Crippen LogP contribution in [0.3, 0.4) is 0 Å². The van der Waals surface area contributed by atoms with Gasteiger partial charge in [0.1, 0.15) is 13.1 Å². The third-order valence-electron chi connectivity index (χ3n) is 1.42. The molecule has 0 fully saturated rings. The van der Waals surface area contributed by atoms with Gasteiger partial charge in [0, 0.05) is 0 Å². The van der Waals surface area contributed by atoms with E-state index in [1.165, 1.54) is 7.05 Å². The molecular weight excluding hydrogens is 462 g/mol. The number of rotatable bonds is 8. The van der Waals surface area contributed by atoms with E-state index in [1.54, 1.807) is 0 Å². The van der Waals surface area contributed by atoms with Gasteiger partial charge in [-0.2, -0.15) is 9.59 Å². The van der Waals surface area contributed by atoms with Crippen LogP contribution in [-0.4, -0.2) is 104 Å². The van der Waals surface area contributed by atoms with Crippen molar-refractivity contribution in [2.45, 2.75) is 7.43 Å². The number of hydrogen-bond donors (Lipinski definition) is 8. The second-order valence-corrected chi connectivity index (χ2v) is 7.30. The van der Waals surface area contributed by atoms with Crippen molar-refractivity contribution in [3.05, 3.63) is 0 Å². The van der Waals surface area contributed by atoms with Gasteiger partial charge in [0.2, 0.25) is 0 Å². The predicted molar refractivity (Wildman–Crippen MR) is 97.3 cm³/mol. The highest BCUT2D eigenvalue weighted by atomic mass is 31.2. The first-order valence-corrected chi connectivity index (χ1v) is 9.93. The third-order valence-corrected chi connectivity index (χ3v) is 2.91. The summed E-state index contributed by atoms with van der Waals surface area (Å²) in [6.07, 6.45) is -0.876. The van der Waals surface area contributed by atoms with Crippen molar-refractivity contribution in [1.29, 1.82) is 0 Å². The molecule has 0 unspecified atom stereocenters. The van der Waals surface area contributed by atoms with E-state index >= 15 is 0 Å². The van der Waals surface area contributed by atoms with Crippen LogP contribution in [0, 0.1) is 0 Å². The number of likely N-dealkylation sites (N-methyl/N-ethyl adjacent to an activating group) is 1. The summed E-state index contributed by atoms with van der Waals surface area (Å²) >= 11 is 0. The average Bonchev–Trinajstić information content (AvgIpc) is 2.46. The van der Waals surface area contributed by atoms with Crippen LogP contribution in [-0.2, 0) is 37.9 Å². The molecule has 0 aliphatic heterocycles. The van der Waals surface area contributed by atoms with Crippen molar-refractivity contribution >= 4 is 46.5 Å². The molecule has 0 aromatic rings. The van der Waals surface area contributed by atoms with Gasteiger partial charge in [0.25, 0.3) is 6.47 Å². The summed E-state index contributed by atoms with van der Waals surface area (Å²) in [5.74, 6) is -2.26. The van der Waals surface area contributed by atoms with Crippen LogP contribution in [0.15, 0.2) is 0 Å². The van der Waals surface area contributed by atoms with Crippen molar-refractivity contribution in [1.82, 2.24) is 10.2 Å². The zero-order chi connectivity index (χ0) is 24.7. The van der Waals surface area contributed by atoms with Gasteiger partial charge >= 0.3 is 33.3 Å². The summed E-state index contributed by atoms with van der Waals surface area (Å²) < 4.78 is 20.3. The summed E-state index contributed by atoms with van der Waals surface area (Å²) in [7, 11) is -6.89. The SMILES string of the molecule is C.C=O.CN(CC(=O)O)CP(=O)(O)O.O=C(O)CNCP(=O)(O)O.O=C=O.O=CO. The van der Waals surface area contributed by atoms with E-state index in [1.807, 2.05) is 6.79 Å². The molecule has 0 rings (SSSR count). The number of aliphatic carboxylic acids is 2. The lowest BCUT2D eigenvalue weighted by Gasteiger charge is -2.13. The predicted octanol–water partition coefficient (Wildman–Crippen LogP) is -2.50. The Morgan fingerprint density at radius 1 is 1.03 bits per heavy atom. The molecule has 0 aliphatic carbocycles. The highest BCUT2D eigenvalue weighted by molar-refractivity contribution is 7.51. The number of carboxylic acid groups (broad SMARTS) is 3. The first-order valence-electron chi connectivity index (χ1n) is 6.34. The first-order chi connectivity index (χ1) is 13.1. The second-order valence-electron chi connectivity index (χ2n) is 4.05. The van der Waals surface area contributed by atoms with Gasteiger partial charge < -0.3 is 39.7 Å². The number of carbonyl (C=O) groups is 4. The Bertz CT molecular complexity index is 567. The third kappa shape index (κ3) is 83.6. The maximum Gasteiger partial charge on any atom is 0.373 e. The standard InChI is InChI=1S/C4H10NO5P.C3H8NO5P.CH2O2.CO2.CH2O.CH4/c1-5(2-4(6)7)3-11(8,9)10;5-3(6)1-4-2-10(7,8)9;2*2-1-3;1-2;/h2-3H2,1H3,(H,6,7)(H2,8,9,10);4H,1-2H2,(H,5,6)(H2,7,8,9);1H,(H,2,3);;1H2;1H4. The molecule has 0 atom stereocenters. The molecule has 19 heteroatoms. The minimum absolute atomic E-state index is 0. The van der Waals surface area contributed by atoms with Crippen LogP contribution in [0.1, 0.15) is 7.43 Å². The Morgan fingerprint density at radius 3 is 1.57 bits per heavy atom. The summed E-state index contributed by atoms with van der Waals surface area (Å²) in [6, 6.07) is 0. The summed E-state index contributed by atoms with van der Waals surface area (Å²) in [4.78, 5) is 86.6. The van der Waals surface area contributed by atoms with Gasteiger partial charge in [-0.15, -0.1) is 0 Å². The van der Waals surface area contributed by atoms with Crippen LogP contribution in [0.2, 0.25) is 0 Å². The van der Waals surface area contributed by atoms with E-state index < -0.39 is 46.2 Å². The number of nitrogens with one attached hydrogen (secondary N) is 1. The maximum atomic E-state index is 10.3. The molecular formula is C11H26N2O15P2. The molecule has 8 N–H and O–H groups in total. The van der Waals surface area contributed by atoms with Crippen LogP contribution in [0.4, 0.5) is 0 Å². The van der Waals surface area contributed by atoms with E-state index in [0.29, 0.717) is 0 Å². The molecule has 0 saturated heterocycles. The molecule has 0 saturated carbocycles. The molecule has 0 spiro atoms. The topological polar surface area (TPSA) is 293 Å². The van der Waals surface area contributed by atoms with Gasteiger partial charge in [-0.25, -0.2) is 0 Å². The lowest BCUT2D eigenvalue weighted by atomic mass is 10.6. The van der Waals surface area contributed by atoms with E-state index in [9.17, 15) is 18.7 Å². The van der Waals surface area contributed by atoms with Gasteiger partial charge in [0.15, 0.2) is 0 Å². The maximum absolute atomic E-state index is 10.3. The van der Waals surface area contributed by atoms with Gasteiger partial charge in [-0.1, -0.05) is 7.43 Å². The average molecular weight is 488 g/mol. The molecule has 0 aromatic heterocycles. The molecule has 17 nitrogen and oxygen atoms in total. The number of nitrogens with zero attached hydrogens (tertiary/aromatic N) is 1. The Kier molecular flexibility index (Phi) is 37.3. The Balaban J connectivity index is -0.0000000696. The Morgan fingerprint density at radius 2 is 1.37 bits per heavy atom. The highest BCUT2D eigenvalue weighted by Crippen LogP contribution is 2.34. The zero-order valence-electron chi connectivity index (χ0n) is 14.9. The minimum atomic E-state index is -4.12. The molecule has 0 aliphatic rings. The van der Waals surface area contributed by atoms with E-state index in [2.05, 4.69) is 5.32 Å². The molecule has 0 heterocycles. The highest BCUT2D eigenvalue weighted by Gasteiger charge is 2.17. The lowest BCUT2D eigenvalue weighted by molar-refractivity contribution is -0.191. The smallest absolute Gasteiger partial charge is 0.373 e. The Hall–Kier alpha value is -2.32. The largest absolute Gasteiger partial charge is 0.483 e. The first kappa shape index (κ1) is 41.9. The molecule has 0 aromatic carbocycles. The molecule has 0 radical (unpaired) electrons. The van der Waals surface area contributed by atoms with Crippen LogP contribution in [0.25, 0.3) is 0 Å². The fourth-order valence-corrected chi connectivity index (χ4v) is 2.04. The fourth-order valence-electron chi connectivity index (χ4n) is 0.904. The number of carbonyl (C=O) groups excluding carboxylic acids is 3. The molecule has 30 heavy (non-hydrogen) atoms. The summed E-state index contributed by atoms with van der Waals surface area (Å²) in [6.45, 7) is 0.941. The monoisotopic (exact) mass is 488 g/mol. The Labute approximate surface area is 170 Å². The second kappa shape index (κ2) is 26.7. The summed E-state index contributed by atoms with van der Waals surface area (Å²) in [5, 5.41) is 25.1. The molecule has 0 bridgehead atoms. The lowest BCUT2D eigenvalue weighted by Crippen LogP contribution is -2.26. The summed E-state index contributed by atoms with van der Waals surface area (Å²) in [5.41, 5.74) is 0. The van der Waals surface area contributed by atoms with E-state index in [4.69, 9.17) is 54.1 Å². The molecule has 180 valence electrons. The van der Waals surface area contributed by atoms with E-state index in [0.717, 1.165) is 4.90 Å². The van der Waals surface area contributed by atoms with Crippen molar-refractivity contribution < 1.29 is 72.8 Å². The van der Waals surface area contributed by atoms with Crippen molar-refractivity contribution in [2.24, 2.45) is 0 Å². The minimum Gasteiger partial charge on any atom is -0.483 e. The van der Waals surface area contributed by atoms with Gasteiger partial charge in [-0.05, 0) is 7.05 Å². The van der Waals surface area contributed by atoms with Crippen LogP contribution >= 0.6 is 15.2 Å². The quantitative estimate of drug-likeness (QED) is 0.129. The van der Waals surface area contributed by atoms with Gasteiger partial charge in [-0.3, -0.25) is 33.7 Å². The number of carboxylic acids is 2. The molecule has 0 amide bonds. The van der Waals surface area contributed by atoms with Crippen LogP contribution < -0.4 is 5.32 Å². The van der Waals surface area contributed by atoms with E-state index in [-0.39, 0.29) is 26.6 Å². The normalized spacial score (nSPS) is 9.00. The van der Waals surface area contributed by atoms with Crippen molar-refractivity contribution in [2.75, 3.05) is 32.7 Å². The fraction of sp³-hybridized carbons (Fsp3) is 0.545. The van der Waals surface area contributed by atoms with Gasteiger partial charge in [0.05, 0.1) is 19.4 Å². The number of hydrogen-bond acceptors (Lipinski definition) is 10.